The van der Waals surface area contributed by atoms with Crippen LogP contribution in [0.1, 0.15) is 45.6 Å². The molecule has 1 fully saturated rings. The standard InChI is InChI=1S/C19H25BrN2O3/c1-4-24-17-9-14(10-21)8-15(20)19(17)25-11-18(23)22-16-7-5-6-12(2)13(16)3/h8-9,12-13,16H,4-7,11H2,1-3H3,(H,22,23). The van der Waals surface area contributed by atoms with Crippen molar-refractivity contribution in [1.82, 2.24) is 5.32 Å². The second kappa shape index (κ2) is 9.10. The Balaban J connectivity index is 2.00. The molecule has 1 aromatic carbocycles. The molecule has 5 nitrogen and oxygen atoms in total. The van der Waals surface area contributed by atoms with Gasteiger partial charge in [0.25, 0.3) is 5.91 Å². The van der Waals surface area contributed by atoms with Crippen LogP contribution in [0, 0.1) is 23.2 Å². The number of amides is 1. The molecule has 1 N–H and O–H groups in total. The first-order valence-electron chi connectivity index (χ1n) is 8.74. The van der Waals surface area contributed by atoms with Crippen molar-refractivity contribution in [1.29, 1.82) is 5.26 Å². The van der Waals surface area contributed by atoms with Gasteiger partial charge in [0.15, 0.2) is 18.1 Å². The smallest absolute Gasteiger partial charge is 0.258 e. The minimum atomic E-state index is -0.135. The molecule has 0 aromatic heterocycles. The van der Waals surface area contributed by atoms with Gasteiger partial charge in [-0.2, -0.15) is 5.26 Å². The maximum Gasteiger partial charge on any atom is 0.258 e. The summed E-state index contributed by atoms with van der Waals surface area (Å²) < 4.78 is 11.8. The highest BCUT2D eigenvalue weighted by molar-refractivity contribution is 9.10. The van der Waals surface area contributed by atoms with E-state index in [2.05, 4.69) is 41.2 Å². The molecule has 25 heavy (non-hydrogen) atoms. The summed E-state index contributed by atoms with van der Waals surface area (Å²) in [5.41, 5.74) is 0.470. The molecule has 1 aliphatic carbocycles. The van der Waals surface area contributed by atoms with Gasteiger partial charge in [0.1, 0.15) is 0 Å². The number of carbonyl (C=O) groups is 1. The number of nitrogens with zero attached hydrogens (tertiary/aromatic N) is 1. The SMILES string of the molecule is CCOc1cc(C#N)cc(Br)c1OCC(=O)NC1CCCC(C)C1C. The van der Waals surface area contributed by atoms with Crippen molar-refractivity contribution in [2.45, 2.75) is 46.1 Å². The monoisotopic (exact) mass is 408 g/mol. The summed E-state index contributed by atoms with van der Waals surface area (Å²) in [4.78, 5) is 12.3. The van der Waals surface area contributed by atoms with Gasteiger partial charge in [0.2, 0.25) is 0 Å². The van der Waals surface area contributed by atoms with E-state index in [0.717, 1.165) is 12.8 Å². The van der Waals surface area contributed by atoms with E-state index in [4.69, 9.17) is 14.7 Å². The van der Waals surface area contributed by atoms with Crippen LogP contribution in [0.4, 0.5) is 0 Å². The average Bonchev–Trinajstić information content (AvgIpc) is 2.58. The van der Waals surface area contributed by atoms with Crippen molar-refractivity contribution >= 4 is 21.8 Å². The zero-order valence-corrected chi connectivity index (χ0v) is 16.6. The molecule has 3 unspecified atom stereocenters. The van der Waals surface area contributed by atoms with E-state index in [-0.39, 0.29) is 18.6 Å². The van der Waals surface area contributed by atoms with Gasteiger partial charge in [-0.05, 0) is 47.2 Å². The van der Waals surface area contributed by atoms with Crippen molar-refractivity contribution in [2.24, 2.45) is 11.8 Å². The van der Waals surface area contributed by atoms with Crippen LogP contribution in [0.2, 0.25) is 0 Å². The third-order valence-electron chi connectivity index (χ3n) is 4.84. The highest BCUT2D eigenvalue weighted by Gasteiger charge is 2.28. The lowest BCUT2D eigenvalue weighted by Gasteiger charge is -2.34. The van der Waals surface area contributed by atoms with E-state index in [1.165, 1.54) is 6.42 Å². The van der Waals surface area contributed by atoms with Crippen LogP contribution in [0.3, 0.4) is 0 Å². The van der Waals surface area contributed by atoms with E-state index in [1.54, 1.807) is 12.1 Å². The molecule has 1 aliphatic rings. The van der Waals surface area contributed by atoms with Crippen molar-refractivity contribution in [3.8, 4) is 17.6 Å². The maximum absolute atomic E-state index is 12.3. The van der Waals surface area contributed by atoms with Crippen LogP contribution < -0.4 is 14.8 Å². The van der Waals surface area contributed by atoms with Crippen LogP contribution >= 0.6 is 15.9 Å². The maximum atomic E-state index is 12.3. The number of rotatable bonds is 6. The van der Waals surface area contributed by atoms with Crippen LogP contribution in [0.15, 0.2) is 16.6 Å². The Bertz CT molecular complexity index is 657. The molecule has 1 aromatic rings. The Morgan fingerprint density at radius 2 is 2.12 bits per heavy atom. The first kappa shape index (κ1) is 19.6. The first-order chi connectivity index (χ1) is 12.0. The molecule has 136 valence electrons. The van der Waals surface area contributed by atoms with Crippen molar-refractivity contribution < 1.29 is 14.3 Å². The van der Waals surface area contributed by atoms with E-state index >= 15 is 0 Å². The predicted octanol–water partition coefficient (Wildman–Crippen LogP) is 4.04. The molecular formula is C19H25BrN2O3. The number of nitrogens with one attached hydrogen (secondary N) is 1. The van der Waals surface area contributed by atoms with Crippen molar-refractivity contribution in [2.75, 3.05) is 13.2 Å². The lowest BCUT2D eigenvalue weighted by Crippen LogP contribution is -2.45. The van der Waals surface area contributed by atoms with Gasteiger partial charge < -0.3 is 14.8 Å². The minimum Gasteiger partial charge on any atom is -0.490 e. The summed E-state index contributed by atoms with van der Waals surface area (Å²) >= 11 is 3.39. The van der Waals surface area contributed by atoms with Crippen LogP contribution in [-0.4, -0.2) is 25.2 Å². The summed E-state index contributed by atoms with van der Waals surface area (Å²) in [7, 11) is 0. The van der Waals surface area contributed by atoms with Crippen LogP contribution in [0.5, 0.6) is 11.5 Å². The molecule has 1 amide bonds. The van der Waals surface area contributed by atoms with Gasteiger partial charge in [0.05, 0.1) is 22.7 Å². The normalized spacial score (nSPS) is 22.8. The summed E-state index contributed by atoms with van der Waals surface area (Å²) in [6.45, 7) is 6.65. The highest BCUT2D eigenvalue weighted by atomic mass is 79.9. The average molecular weight is 409 g/mol. The Kier molecular flexibility index (Phi) is 7.12. The lowest BCUT2D eigenvalue weighted by atomic mass is 9.78. The molecule has 0 heterocycles. The number of hydrogen-bond acceptors (Lipinski definition) is 4. The third kappa shape index (κ3) is 5.12. The Labute approximate surface area is 157 Å². The summed E-state index contributed by atoms with van der Waals surface area (Å²) in [6.07, 6.45) is 3.38. The molecule has 0 saturated heterocycles. The van der Waals surface area contributed by atoms with Crippen molar-refractivity contribution in [3.63, 3.8) is 0 Å². The molecule has 1 saturated carbocycles. The van der Waals surface area contributed by atoms with Gasteiger partial charge in [-0.15, -0.1) is 0 Å². The molecule has 0 bridgehead atoms. The second-order valence-electron chi connectivity index (χ2n) is 6.56. The zero-order valence-electron chi connectivity index (χ0n) is 15.0. The summed E-state index contributed by atoms with van der Waals surface area (Å²) in [6, 6.07) is 5.55. The van der Waals surface area contributed by atoms with Gasteiger partial charge in [-0.1, -0.05) is 26.7 Å². The number of benzene rings is 1. The molecule has 0 radical (unpaired) electrons. The lowest BCUT2D eigenvalue weighted by molar-refractivity contribution is -0.124. The number of ether oxygens (including phenoxy) is 2. The van der Waals surface area contributed by atoms with Gasteiger partial charge in [-0.3, -0.25) is 4.79 Å². The third-order valence-corrected chi connectivity index (χ3v) is 5.43. The highest BCUT2D eigenvalue weighted by Crippen LogP contribution is 2.37. The summed E-state index contributed by atoms with van der Waals surface area (Å²) in [5.74, 6) is 1.86. The van der Waals surface area contributed by atoms with Crippen molar-refractivity contribution in [3.05, 3.63) is 22.2 Å². The Morgan fingerprint density at radius 3 is 2.80 bits per heavy atom. The molecule has 0 spiro atoms. The number of halogens is 1. The first-order valence-corrected chi connectivity index (χ1v) is 9.54. The molecule has 0 aliphatic heterocycles. The number of nitriles is 1. The number of hydrogen-bond donors (Lipinski definition) is 1. The van der Waals surface area contributed by atoms with Crippen LogP contribution in [0.25, 0.3) is 0 Å². The van der Waals surface area contributed by atoms with E-state index in [0.29, 0.717) is 40.0 Å². The van der Waals surface area contributed by atoms with Gasteiger partial charge in [-0.25, -0.2) is 0 Å². The van der Waals surface area contributed by atoms with E-state index in [1.807, 2.05) is 6.92 Å². The molecular weight excluding hydrogens is 384 g/mol. The second-order valence-corrected chi connectivity index (χ2v) is 7.41. The minimum absolute atomic E-state index is 0.0812. The van der Waals surface area contributed by atoms with Gasteiger partial charge in [0, 0.05) is 12.1 Å². The number of carbonyl (C=O) groups excluding carboxylic acids is 1. The zero-order chi connectivity index (χ0) is 18.4. The topological polar surface area (TPSA) is 71.3 Å². The molecule has 6 heteroatoms. The molecule has 3 atom stereocenters. The Morgan fingerprint density at radius 1 is 1.36 bits per heavy atom. The summed E-state index contributed by atoms with van der Waals surface area (Å²) in [5, 5.41) is 12.2. The fraction of sp³-hybridized carbons (Fsp3) is 0.579. The molecule has 2 rings (SSSR count). The quantitative estimate of drug-likeness (QED) is 0.770. The van der Waals surface area contributed by atoms with E-state index in [9.17, 15) is 4.79 Å². The fourth-order valence-corrected chi connectivity index (χ4v) is 3.76. The van der Waals surface area contributed by atoms with E-state index < -0.39 is 0 Å². The largest absolute Gasteiger partial charge is 0.490 e. The Hall–Kier alpha value is -1.74. The van der Waals surface area contributed by atoms with Crippen LogP contribution in [-0.2, 0) is 4.79 Å². The predicted molar refractivity (Wildman–Crippen MR) is 99.6 cm³/mol. The van der Waals surface area contributed by atoms with Gasteiger partial charge >= 0.3 is 0 Å². The fourth-order valence-electron chi connectivity index (χ4n) is 3.21.